The Morgan fingerprint density at radius 3 is 2.47 bits per heavy atom. The minimum absolute atomic E-state index is 0.183. The molecule has 0 radical (unpaired) electrons. The summed E-state index contributed by atoms with van der Waals surface area (Å²) in [6.07, 6.45) is 0.801. The van der Waals surface area contributed by atoms with Crippen molar-refractivity contribution in [2.45, 2.75) is 12.8 Å². The molecule has 0 bridgehead atoms. The lowest BCUT2D eigenvalue weighted by Gasteiger charge is -2.18. The smallest absolute Gasteiger partial charge is 0.303 e. The first-order chi connectivity index (χ1) is 7.09. The molecule has 0 spiro atoms. The summed E-state index contributed by atoms with van der Waals surface area (Å²) in [5.74, 6) is -0.535. The number of aliphatic carboxylic acids is 1. The fourth-order valence-electron chi connectivity index (χ4n) is 1.30. The van der Waals surface area contributed by atoms with Crippen LogP contribution in [0.25, 0.3) is 0 Å². The molecule has 0 amide bonds. The van der Waals surface area contributed by atoms with E-state index in [1.165, 1.54) is 0 Å². The van der Waals surface area contributed by atoms with Crippen molar-refractivity contribution >= 4 is 11.7 Å². The minimum atomic E-state index is -0.769. The summed E-state index contributed by atoms with van der Waals surface area (Å²) in [6, 6.07) is 6.83. The molecule has 0 heterocycles. The lowest BCUT2D eigenvalue weighted by molar-refractivity contribution is -0.137. The van der Waals surface area contributed by atoms with Gasteiger partial charge < -0.3 is 15.1 Å². The standard InChI is InChI=1S/C11H15NO3/c1-12(8-2-3-11(14)15)9-4-6-10(13)7-5-9/h4-7,13H,2-3,8H2,1H3,(H,14,15). The number of aromatic hydroxyl groups is 1. The van der Waals surface area contributed by atoms with Gasteiger partial charge in [-0.25, -0.2) is 0 Å². The van der Waals surface area contributed by atoms with Crippen LogP contribution in [0.4, 0.5) is 5.69 Å². The summed E-state index contributed by atoms with van der Waals surface area (Å²) in [5, 5.41) is 17.6. The zero-order valence-electron chi connectivity index (χ0n) is 8.68. The van der Waals surface area contributed by atoms with E-state index in [4.69, 9.17) is 10.2 Å². The van der Waals surface area contributed by atoms with Gasteiger partial charge in [-0.3, -0.25) is 4.79 Å². The molecular formula is C11H15NO3. The van der Waals surface area contributed by atoms with E-state index in [9.17, 15) is 4.79 Å². The Balaban J connectivity index is 2.43. The van der Waals surface area contributed by atoms with Crippen molar-refractivity contribution in [3.8, 4) is 5.75 Å². The van der Waals surface area contributed by atoms with Crippen molar-refractivity contribution in [3.05, 3.63) is 24.3 Å². The number of carboxylic acid groups (broad SMARTS) is 1. The second-order valence-electron chi connectivity index (χ2n) is 3.44. The lowest BCUT2D eigenvalue weighted by atomic mass is 10.2. The molecule has 1 aromatic carbocycles. The summed E-state index contributed by atoms with van der Waals surface area (Å²) >= 11 is 0. The highest BCUT2D eigenvalue weighted by molar-refractivity contribution is 5.66. The maximum Gasteiger partial charge on any atom is 0.303 e. The topological polar surface area (TPSA) is 60.8 Å². The highest BCUT2D eigenvalue weighted by Crippen LogP contribution is 2.17. The van der Waals surface area contributed by atoms with E-state index in [0.29, 0.717) is 13.0 Å². The molecule has 0 aliphatic carbocycles. The molecule has 1 aromatic rings. The number of anilines is 1. The Morgan fingerprint density at radius 1 is 1.33 bits per heavy atom. The monoisotopic (exact) mass is 209 g/mol. The van der Waals surface area contributed by atoms with Gasteiger partial charge in [-0.05, 0) is 30.7 Å². The van der Waals surface area contributed by atoms with Gasteiger partial charge in [-0.15, -0.1) is 0 Å². The number of rotatable bonds is 5. The van der Waals surface area contributed by atoms with Crippen LogP contribution >= 0.6 is 0 Å². The highest BCUT2D eigenvalue weighted by Gasteiger charge is 2.02. The molecule has 15 heavy (non-hydrogen) atoms. The average molecular weight is 209 g/mol. The van der Waals surface area contributed by atoms with E-state index in [1.54, 1.807) is 24.3 Å². The summed E-state index contributed by atoms with van der Waals surface area (Å²) < 4.78 is 0. The molecular weight excluding hydrogens is 194 g/mol. The quantitative estimate of drug-likeness (QED) is 0.774. The van der Waals surface area contributed by atoms with Crippen LogP contribution in [0.2, 0.25) is 0 Å². The van der Waals surface area contributed by atoms with Crippen molar-refractivity contribution in [2.75, 3.05) is 18.5 Å². The fourth-order valence-corrected chi connectivity index (χ4v) is 1.30. The number of phenols is 1. The molecule has 0 aromatic heterocycles. The summed E-state index contributed by atoms with van der Waals surface area (Å²) in [4.78, 5) is 12.3. The number of hydrogen-bond donors (Lipinski definition) is 2. The normalized spacial score (nSPS) is 9.93. The Bertz CT molecular complexity index is 321. The average Bonchev–Trinajstić information content (AvgIpc) is 2.18. The molecule has 0 unspecified atom stereocenters. The van der Waals surface area contributed by atoms with Gasteiger partial charge in [0.15, 0.2) is 0 Å². The van der Waals surface area contributed by atoms with Crippen LogP contribution < -0.4 is 4.90 Å². The van der Waals surface area contributed by atoms with Gasteiger partial charge in [0.05, 0.1) is 0 Å². The lowest BCUT2D eigenvalue weighted by Crippen LogP contribution is -2.19. The molecule has 1 rings (SSSR count). The summed E-state index contributed by atoms with van der Waals surface area (Å²) in [7, 11) is 1.90. The van der Waals surface area contributed by atoms with Crippen LogP contribution in [0, 0.1) is 0 Å². The molecule has 0 atom stereocenters. The van der Waals surface area contributed by atoms with E-state index in [2.05, 4.69) is 0 Å². The van der Waals surface area contributed by atoms with Gasteiger partial charge in [0.2, 0.25) is 0 Å². The molecule has 4 heteroatoms. The first-order valence-electron chi connectivity index (χ1n) is 4.81. The van der Waals surface area contributed by atoms with Crippen molar-refractivity contribution in [3.63, 3.8) is 0 Å². The van der Waals surface area contributed by atoms with E-state index >= 15 is 0 Å². The number of carboxylic acids is 1. The van der Waals surface area contributed by atoms with Crippen LogP contribution in [0.3, 0.4) is 0 Å². The Hall–Kier alpha value is -1.71. The van der Waals surface area contributed by atoms with Gasteiger partial charge >= 0.3 is 5.97 Å². The third kappa shape index (κ3) is 3.89. The summed E-state index contributed by atoms with van der Waals surface area (Å²) in [6.45, 7) is 0.692. The van der Waals surface area contributed by atoms with Crippen molar-refractivity contribution in [1.82, 2.24) is 0 Å². The van der Waals surface area contributed by atoms with E-state index in [-0.39, 0.29) is 12.2 Å². The van der Waals surface area contributed by atoms with Crippen LogP contribution in [-0.2, 0) is 4.79 Å². The zero-order valence-corrected chi connectivity index (χ0v) is 8.68. The molecule has 4 nitrogen and oxygen atoms in total. The van der Waals surface area contributed by atoms with Crippen molar-refractivity contribution in [2.24, 2.45) is 0 Å². The first-order valence-corrected chi connectivity index (χ1v) is 4.81. The largest absolute Gasteiger partial charge is 0.508 e. The van der Waals surface area contributed by atoms with Crippen molar-refractivity contribution < 1.29 is 15.0 Å². The maximum absolute atomic E-state index is 10.3. The molecule has 0 saturated heterocycles. The second-order valence-corrected chi connectivity index (χ2v) is 3.44. The van der Waals surface area contributed by atoms with Crippen molar-refractivity contribution in [1.29, 1.82) is 0 Å². The summed E-state index contributed by atoms with van der Waals surface area (Å²) in [5.41, 5.74) is 0.971. The molecule has 82 valence electrons. The minimum Gasteiger partial charge on any atom is -0.508 e. The van der Waals surface area contributed by atoms with Crippen LogP contribution in [0.1, 0.15) is 12.8 Å². The van der Waals surface area contributed by atoms with Crippen LogP contribution in [-0.4, -0.2) is 29.8 Å². The van der Waals surface area contributed by atoms with Crippen LogP contribution in [0.15, 0.2) is 24.3 Å². The van der Waals surface area contributed by atoms with Gasteiger partial charge in [-0.2, -0.15) is 0 Å². The van der Waals surface area contributed by atoms with E-state index < -0.39 is 5.97 Å². The maximum atomic E-state index is 10.3. The molecule has 0 aliphatic heterocycles. The number of carbonyl (C=O) groups is 1. The van der Waals surface area contributed by atoms with Gasteiger partial charge in [-0.1, -0.05) is 0 Å². The predicted octanol–water partition coefficient (Wildman–Crippen LogP) is 1.69. The van der Waals surface area contributed by atoms with Crippen LogP contribution in [0.5, 0.6) is 5.75 Å². The Labute approximate surface area is 88.8 Å². The molecule has 0 aliphatic rings. The van der Waals surface area contributed by atoms with E-state index in [1.807, 2.05) is 11.9 Å². The zero-order chi connectivity index (χ0) is 11.3. The van der Waals surface area contributed by atoms with Gasteiger partial charge in [0, 0.05) is 25.7 Å². The third-order valence-corrected chi connectivity index (χ3v) is 2.17. The molecule has 0 fully saturated rings. The fraction of sp³-hybridized carbons (Fsp3) is 0.364. The van der Waals surface area contributed by atoms with Gasteiger partial charge in [0.25, 0.3) is 0 Å². The SMILES string of the molecule is CN(CCCC(=O)O)c1ccc(O)cc1. The second kappa shape index (κ2) is 5.24. The number of phenolic OH excluding ortho intramolecular Hbond substituents is 1. The van der Waals surface area contributed by atoms with Gasteiger partial charge in [0.1, 0.15) is 5.75 Å². The third-order valence-electron chi connectivity index (χ3n) is 2.17. The number of benzene rings is 1. The Morgan fingerprint density at radius 2 is 1.93 bits per heavy atom. The number of nitrogens with zero attached hydrogens (tertiary/aromatic N) is 1. The van der Waals surface area contributed by atoms with E-state index in [0.717, 1.165) is 5.69 Å². The molecule has 2 N–H and O–H groups in total. The Kier molecular flexibility index (Phi) is 3.97. The highest BCUT2D eigenvalue weighted by atomic mass is 16.4. The first kappa shape index (κ1) is 11.4. The predicted molar refractivity (Wildman–Crippen MR) is 58.2 cm³/mol. The molecule has 0 saturated carbocycles. The number of hydrogen-bond acceptors (Lipinski definition) is 3.